The Morgan fingerprint density at radius 1 is 1.60 bits per heavy atom. The zero-order valence-electron chi connectivity index (χ0n) is 7.73. The SMILES string of the molecule is CC(Oc1cncc2nnnn12)C(=O)O. The van der Waals surface area contributed by atoms with Crippen molar-refractivity contribution in [3.63, 3.8) is 0 Å². The molecule has 2 aromatic rings. The van der Waals surface area contributed by atoms with Crippen LogP contribution in [0.4, 0.5) is 0 Å². The van der Waals surface area contributed by atoms with Gasteiger partial charge < -0.3 is 9.84 Å². The second kappa shape index (κ2) is 3.48. The summed E-state index contributed by atoms with van der Waals surface area (Å²) in [5.41, 5.74) is 0.394. The molecule has 78 valence electrons. The van der Waals surface area contributed by atoms with Gasteiger partial charge in [0.25, 0.3) is 0 Å². The molecule has 1 atom stereocenters. The Bertz CT molecular complexity index is 496. The van der Waals surface area contributed by atoms with Crippen LogP contribution in [0.15, 0.2) is 12.4 Å². The highest BCUT2D eigenvalue weighted by atomic mass is 16.5. The van der Waals surface area contributed by atoms with Crippen LogP contribution in [-0.4, -0.2) is 42.2 Å². The van der Waals surface area contributed by atoms with Crippen molar-refractivity contribution in [3.8, 4) is 5.88 Å². The molecule has 0 amide bonds. The lowest BCUT2D eigenvalue weighted by Gasteiger charge is -2.09. The summed E-state index contributed by atoms with van der Waals surface area (Å²) in [6.07, 6.45) is 1.81. The van der Waals surface area contributed by atoms with Crippen LogP contribution in [0.1, 0.15) is 6.92 Å². The number of carboxylic acid groups (broad SMARTS) is 1. The van der Waals surface area contributed by atoms with Gasteiger partial charge >= 0.3 is 5.97 Å². The molecule has 1 unspecified atom stereocenters. The first kappa shape index (κ1) is 9.31. The third-order valence-electron chi connectivity index (χ3n) is 1.72. The van der Waals surface area contributed by atoms with Crippen molar-refractivity contribution in [1.82, 2.24) is 25.0 Å². The maximum atomic E-state index is 10.6. The summed E-state index contributed by atoms with van der Waals surface area (Å²) in [5.74, 6) is -0.882. The van der Waals surface area contributed by atoms with Gasteiger partial charge in [-0.25, -0.2) is 4.79 Å². The number of nitrogens with zero attached hydrogens (tertiary/aromatic N) is 5. The fourth-order valence-corrected chi connectivity index (χ4v) is 0.966. The fraction of sp³-hybridized carbons (Fsp3) is 0.286. The Morgan fingerprint density at radius 3 is 3.13 bits per heavy atom. The summed E-state index contributed by atoms with van der Waals surface area (Å²) >= 11 is 0. The third kappa shape index (κ3) is 1.68. The number of fused-ring (bicyclic) bond motifs is 1. The van der Waals surface area contributed by atoms with Gasteiger partial charge in [-0.1, -0.05) is 0 Å². The van der Waals surface area contributed by atoms with E-state index in [4.69, 9.17) is 9.84 Å². The number of hydrogen-bond donors (Lipinski definition) is 1. The highest BCUT2D eigenvalue weighted by Crippen LogP contribution is 2.10. The van der Waals surface area contributed by atoms with Gasteiger partial charge in [-0.05, 0) is 17.4 Å². The fourth-order valence-electron chi connectivity index (χ4n) is 0.966. The Balaban J connectivity index is 2.35. The lowest BCUT2D eigenvalue weighted by atomic mass is 10.4. The van der Waals surface area contributed by atoms with E-state index in [-0.39, 0.29) is 5.88 Å². The lowest BCUT2D eigenvalue weighted by Crippen LogP contribution is -2.24. The summed E-state index contributed by atoms with van der Waals surface area (Å²) in [4.78, 5) is 14.4. The van der Waals surface area contributed by atoms with Crippen molar-refractivity contribution in [1.29, 1.82) is 0 Å². The van der Waals surface area contributed by atoms with Gasteiger partial charge in [0.05, 0.1) is 12.4 Å². The quantitative estimate of drug-likeness (QED) is 0.717. The van der Waals surface area contributed by atoms with Crippen molar-refractivity contribution >= 4 is 11.6 Å². The molecule has 0 saturated carbocycles. The van der Waals surface area contributed by atoms with E-state index in [1.54, 1.807) is 0 Å². The summed E-state index contributed by atoms with van der Waals surface area (Å²) < 4.78 is 6.38. The normalized spacial score (nSPS) is 12.6. The summed E-state index contributed by atoms with van der Waals surface area (Å²) in [6.45, 7) is 1.41. The number of ether oxygens (including phenoxy) is 1. The molecule has 8 heteroatoms. The molecule has 0 aliphatic rings. The molecule has 2 rings (SSSR count). The molecule has 15 heavy (non-hydrogen) atoms. The van der Waals surface area contributed by atoms with Crippen molar-refractivity contribution in [3.05, 3.63) is 12.4 Å². The number of carbonyl (C=O) groups is 1. The first-order valence-electron chi connectivity index (χ1n) is 4.10. The van der Waals surface area contributed by atoms with Crippen LogP contribution in [0, 0.1) is 0 Å². The first-order chi connectivity index (χ1) is 7.18. The smallest absolute Gasteiger partial charge is 0.344 e. The number of carboxylic acids is 1. The Hall–Kier alpha value is -2.25. The van der Waals surface area contributed by atoms with E-state index >= 15 is 0 Å². The van der Waals surface area contributed by atoms with Crippen molar-refractivity contribution in [2.24, 2.45) is 0 Å². The highest BCUT2D eigenvalue weighted by Gasteiger charge is 2.15. The number of hydrogen-bond acceptors (Lipinski definition) is 6. The standard InChI is InChI=1S/C7H7N5O3/c1-4(7(13)14)15-6-3-8-2-5-9-10-11-12(5)6/h2-4H,1H3,(H,13,14). The molecule has 0 aromatic carbocycles. The Morgan fingerprint density at radius 2 is 2.40 bits per heavy atom. The molecule has 0 aliphatic heterocycles. The van der Waals surface area contributed by atoms with Gasteiger partial charge in [0.1, 0.15) is 0 Å². The van der Waals surface area contributed by atoms with Crippen LogP contribution in [-0.2, 0) is 4.79 Å². The number of tetrazole rings is 1. The number of aromatic nitrogens is 5. The van der Waals surface area contributed by atoms with E-state index in [9.17, 15) is 4.79 Å². The van der Waals surface area contributed by atoms with Crippen LogP contribution < -0.4 is 4.74 Å². The minimum Gasteiger partial charge on any atom is -0.479 e. The summed E-state index contributed by atoms with van der Waals surface area (Å²) in [6, 6.07) is 0. The van der Waals surface area contributed by atoms with Gasteiger partial charge in [-0.2, -0.15) is 4.52 Å². The molecule has 0 bridgehead atoms. The summed E-state index contributed by atoms with van der Waals surface area (Å²) in [7, 11) is 0. The molecule has 0 fully saturated rings. The first-order valence-corrected chi connectivity index (χ1v) is 4.10. The number of aliphatic carboxylic acids is 1. The van der Waals surface area contributed by atoms with Crippen LogP contribution in [0.3, 0.4) is 0 Å². The molecule has 1 N–H and O–H groups in total. The zero-order chi connectivity index (χ0) is 10.8. The lowest BCUT2D eigenvalue weighted by molar-refractivity contribution is -0.144. The average molecular weight is 209 g/mol. The highest BCUT2D eigenvalue weighted by molar-refractivity contribution is 5.72. The Kier molecular flexibility index (Phi) is 2.16. The summed E-state index contributed by atoms with van der Waals surface area (Å²) in [5, 5.41) is 19.3. The zero-order valence-corrected chi connectivity index (χ0v) is 7.73. The van der Waals surface area contributed by atoms with Crippen molar-refractivity contribution in [2.45, 2.75) is 13.0 Å². The molecule has 0 spiro atoms. The van der Waals surface area contributed by atoms with Crippen molar-refractivity contribution in [2.75, 3.05) is 0 Å². The van der Waals surface area contributed by atoms with Crippen LogP contribution in [0.25, 0.3) is 5.65 Å². The minimum absolute atomic E-state index is 0.187. The topological polar surface area (TPSA) is 103 Å². The predicted octanol–water partition coefficient (Wildman–Crippen LogP) is -0.629. The van der Waals surface area contributed by atoms with Gasteiger partial charge in [-0.15, -0.1) is 5.10 Å². The largest absolute Gasteiger partial charge is 0.479 e. The van der Waals surface area contributed by atoms with Crippen molar-refractivity contribution < 1.29 is 14.6 Å². The molecule has 0 aliphatic carbocycles. The minimum atomic E-state index is -1.07. The van der Waals surface area contributed by atoms with Crippen LogP contribution in [0.2, 0.25) is 0 Å². The van der Waals surface area contributed by atoms with E-state index in [1.807, 2.05) is 0 Å². The Labute approximate surface area is 83.5 Å². The molecular formula is C7H7N5O3. The maximum Gasteiger partial charge on any atom is 0.344 e. The molecule has 2 heterocycles. The van der Waals surface area contributed by atoms with Gasteiger partial charge in [-0.3, -0.25) is 4.98 Å². The number of rotatable bonds is 3. The van der Waals surface area contributed by atoms with Crippen LogP contribution in [0.5, 0.6) is 5.88 Å². The molecule has 0 radical (unpaired) electrons. The van der Waals surface area contributed by atoms with E-state index in [1.165, 1.54) is 23.8 Å². The van der Waals surface area contributed by atoms with E-state index in [0.29, 0.717) is 5.65 Å². The third-order valence-corrected chi connectivity index (χ3v) is 1.72. The predicted molar refractivity (Wildman–Crippen MR) is 46.3 cm³/mol. The second-order valence-corrected chi connectivity index (χ2v) is 2.79. The molecule has 0 saturated heterocycles. The molecular weight excluding hydrogens is 202 g/mol. The average Bonchev–Trinajstić information content (AvgIpc) is 2.66. The monoisotopic (exact) mass is 209 g/mol. The molecule has 8 nitrogen and oxygen atoms in total. The second-order valence-electron chi connectivity index (χ2n) is 2.79. The van der Waals surface area contributed by atoms with Gasteiger partial charge in [0.2, 0.25) is 11.5 Å². The maximum absolute atomic E-state index is 10.6. The van der Waals surface area contributed by atoms with E-state index in [0.717, 1.165) is 0 Å². The van der Waals surface area contributed by atoms with Gasteiger partial charge in [0.15, 0.2) is 6.10 Å². The van der Waals surface area contributed by atoms with Crippen LogP contribution >= 0.6 is 0 Å². The van der Waals surface area contributed by atoms with E-state index < -0.39 is 12.1 Å². The van der Waals surface area contributed by atoms with E-state index in [2.05, 4.69) is 20.5 Å². The molecule has 2 aromatic heterocycles. The van der Waals surface area contributed by atoms with Gasteiger partial charge in [0, 0.05) is 0 Å².